The van der Waals surface area contributed by atoms with Crippen molar-refractivity contribution in [2.24, 2.45) is 0 Å². The number of hydrogen-bond donors (Lipinski definition) is 2. The molecular formula is C19H20N4. The van der Waals surface area contributed by atoms with E-state index >= 15 is 0 Å². The summed E-state index contributed by atoms with van der Waals surface area (Å²) < 4.78 is 0. The standard InChI is InChI=1S/C19H20N4/c1-4-11-20-18-15-7-5-6-8-17(15)22-19(23-18)21-16-10-9-13(2)12-14(16)3/h4-10,12H,1,11H2,2-3H3,(H2,20,21,22,23). The lowest BCUT2D eigenvalue weighted by molar-refractivity contribution is 1.18. The van der Waals surface area contributed by atoms with E-state index in [-0.39, 0.29) is 0 Å². The quantitative estimate of drug-likeness (QED) is 0.677. The number of anilines is 3. The Bertz CT molecular complexity index is 855. The molecule has 0 spiro atoms. The van der Waals surface area contributed by atoms with Gasteiger partial charge in [0, 0.05) is 17.6 Å². The van der Waals surface area contributed by atoms with Gasteiger partial charge in [-0.1, -0.05) is 35.9 Å². The molecule has 0 aliphatic rings. The first-order valence-corrected chi connectivity index (χ1v) is 7.63. The van der Waals surface area contributed by atoms with Crippen molar-refractivity contribution in [2.75, 3.05) is 17.2 Å². The topological polar surface area (TPSA) is 49.8 Å². The molecule has 2 aromatic carbocycles. The van der Waals surface area contributed by atoms with Gasteiger partial charge in [0.1, 0.15) is 5.82 Å². The SMILES string of the molecule is C=CCNc1nc(Nc2ccc(C)cc2C)nc2ccccc12. The van der Waals surface area contributed by atoms with Gasteiger partial charge >= 0.3 is 0 Å². The van der Waals surface area contributed by atoms with Crippen LogP contribution >= 0.6 is 0 Å². The minimum absolute atomic E-state index is 0.585. The number of fused-ring (bicyclic) bond motifs is 1. The molecule has 0 fully saturated rings. The second-order valence-electron chi connectivity index (χ2n) is 5.53. The third kappa shape index (κ3) is 3.31. The van der Waals surface area contributed by atoms with Crippen LogP contribution < -0.4 is 10.6 Å². The monoisotopic (exact) mass is 304 g/mol. The Balaban J connectivity index is 2.01. The Morgan fingerprint density at radius 3 is 2.70 bits per heavy atom. The molecule has 23 heavy (non-hydrogen) atoms. The fraction of sp³-hybridized carbons (Fsp3) is 0.158. The van der Waals surface area contributed by atoms with Gasteiger partial charge in [-0.15, -0.1) is 6.58 Å². The summed E-state index contributed by atoms with van der Waals surface area (Å²) in [5.74, 6) is 1.39. The zero-order valence-electron chi connectivity index (χ0n) is 13.4. The molecule has 0 amide bonds. The average Bonchev–Trinajstić information content (AvgIpc) is 2.55. The lowest BCUT2D eigenvalue weighted by Crippen LogP contribution is -2.05. The van der Waals surface area contributed by atoms with Crippen LogP contribution in [0.2, 0.25) is 0 Å². The number of benzene rings is 2. The van der Waals surface area contributed by atoms with Crippen LogP contribution in [0.15, 0.2) is 55.1 Å². The average molecular weight is 304 g/mol. The van der Waals surface area contributed by atoms with Crippen molar-refractivity contribution < 1.29 is 0 Å². The molecule has 0 saturated carbocycles. The molecule has 0 unspecified atom stereocenters. The van der Waals surface area contributed by atoms with E-state index in [0.717, 1.165) is 22.4 Å². The molecule has 0 atom stereocenters. The molecule has 0 radical (unpaired) electrons. The minimum atomic E-state index is 0.585. The van der Waals surface area contributed by atoms with Crippen molar-refractivity contribution in [1.29, 1.82) is 0 Å². The first-order chi connectivity index (χ1) is 11.2. The highest BCUT2D eigenvalue weighted by atomic mass is 15.1. The van der Waals surface area contributed by atoms with E-state index < -0.39 is 0 Å². The zero-order valence-corrected chi connectivity index (χ0v) is 13.4. The summed E-state index contributed by atoms with van der Waals surface area (Å²) in [6, 6.07) is 14.2. The first-order valence-electron chi connectivity index (χ1n) is 7.63. The van der Waals surface area contributed by atoms with E-state index in [2.05, 4.69) is 59.2 Å². The third-order valence-corrected chi connectivity index (χ3v) is 3.65. The molecule has 0 aliphatic heterocycles. The highest BCUT2D eigenvalue weighted by molar-refractivity contribution is 5.90. The minimum Gasteiger partial charge on any atom is -0.366 e. The summed E-state index contributed by atoms with van der Waals surface area (Å²) >= 11 is 0. The maximum Gasteiger partial charge on any atom is 0.229 e. The Morgan fingerprint density at radius 2 is 1.91 bits per heavy atom. The van der Waals surface area contributed by atoms with Gasteiger partial charge in [0.2, 0.25) is 5.95 Å². The van der Waals surface area contributed by atoms with E-state index in [1.807, 2.05) is 30.3 Å². The van der Waals surface area contributed by atoms with E-state index in [1.165, 1.54) is 11.1 Å². The van der Waals surface area contributed by atoms with Gasteiger partial charge in [-0.3, -0.25) is 0 Å². The van der Waals surface area contributed by atoms with Crippen molar-refractivity contribution >= 4 is 28.4 Å². The number of nitrogens with one attached hydrogen (secondary N) is 2. The van der Waals surface area contributed by atoms with Gasteiger partial charge in [0.25, 0.3) is 0 Å². The number of rotatable bonds is 5. The molecular weight excluding hydrogens is 284 g/mol. The van der Waals surface area contributed by atoms with Crippen LogP contribution in [0.4, 0.5) is 17.5 Å². The molecule has 4 nitrogen and oxygen atoms in total. The summed E-state index contributed by atoms with van der Waals surface area (Å²) in [5.41, 5.74) is 4.32. The molecule has 0 saturated heterocycles. The number of hydrogen-bond acceptors (Lipinski definition) is 4. The molecule has 116 valence electrons. The van der Waals surface area contributed by atoms with Crippen molar-refractivity contribution in [3.05, 3.63) is 66.2 Å². The summed E-state index contributed by atoms with van der Waals surface area (Å²) in [5, 5.41) is 7.60. The Kier molecular flexibility index (Phi) is 4.24. The lowest BCUT2D eigenvalue weighted by Gasteiger charge is -2.12. The Labute approximate surface area is 136 Å². The largest absolute Gasteiger partial charge is 0.366 e. The van der Waals surface area contributed by atoms with Crippen LogP contribution in [-0.2, 0) is 0 Å². The number of para-hydroxylation sites is 1. The predicted molar refractivity (Wildman–Crippen MR) is 97.4 cm³/mol. The molecule has 0 bridgehead atoms. The highest BCUT2D eigenvalue weighted by Crippen LogP contribution is 2.25. The van der Waals surface area contributed by atoms with Crippen LogP contribution in [-0.4, -0.2) is 16.5 Å². The second-order valence-corrected chi connectivity index (χ2v) is 5.53. The number of aryl methyl sites for hydroxylation is 2. The third-order valence-electron chi connectivity index (χ3n) is 3.65. The van der Waals surface area contributed by atoms with Crippen LogP contribution in [0.1, 0.15) is 11.1 Å². The molecule has 2 N–H and O–H groups in total. The molecule has 1 aromatic heterocycles. The van der Waals surface area contributed by atoms with Gasteiger partial charge in [0.05, 0.1) is 5.52 Å². The first kappa shape index (κ1) is 15.0. The summed E-state index contributed by atoms with van der Waals surface area (Å²) in [6.45, 7) is 8.56. The van der Waals surface area contributed by atoms with Crippen LogP contribution in [0.25, 0.3) is 10.9 Å². The molecule has 1 heterocycles. The fourth-order valence-corrected chi connectivity index (χ4v) is 2.51. The van der Waals surface area contributed by atoms with E-state index in [4.69, 9.17) is 0 Å². The lowest BCUT2D eigenvalue weighted by atomic mass is 10.1. The summed E-state index contributed by atoms with van der Waals surface area (Å²) in [6.07, 6.45) is 1.81. The fourth-order valence-electron chi connectivity index (χ4n) is 2.51. The van der Waals surface area contributed by atoms with Crippen LogP contribution in [0, 0.1) is 13.8 Å². The Hall–Kier alpha value is -2.88. The maximum absolute atomic E-state index is 4.62. The molecule has 0 aliphatic carbocycles. The molecule has 3 aromatic rings. The van der Waals surface area contributed by atoms with Crippen LogP contribution in [0.3, 0.4) is 0 Å². The van der Waals surface area contributed by atoms with Gasteiger partial charge in [-0.05, 0) is 37.6 Å². The van der Waals surface area contributed by atoms with Crippen molar-refractivity contribution in [2.45, 2.75) is 13.8 Å². The molecule has 3 rings (SSSR count). The van der Waals surface area contributed by atoms with E-state index in [0.29, 0.717) is 12.5 Å². The second kappa shape index (κ2) is 6.48. The van der Waals surface area contributed by atoms with Gasteiger partial charge < -0.3 is 10.6 Å². The number of aromatic nitrogens is 2. The Morgan fingerprint density at radius 1 is 1.09 bits per heavy atom. The summed E-state index contributed by atoms with van der Waals surface area (Å²) in [4.78, 5) is 9.23. The van der Waals surface area contributed by atoms with Gasteiger partial charge in [-0.2, -0.15) is 4.98 Å². The summed E-state index contributed by atoms with van der Waals surface area (Å²) in [7, 11) is 0. The molecule has 4 heteroatoms. The van der Waals surface area contributed by atoms with E-state index in [1.54, 1.807) is 0 Å². The van der Waals surface area contributed by atoms with Gasteiger partial charge in [0.15, 0.2) is 0 Å². The maximum atomic E-state index is 4.62. The van der Waals surface area contributed by atoms with Crippen molar-refractivity contribution in [3.63, 3.8) is 0 Å². The zero-order chi connectivity index (χ0) is 16.2. The van der Waals surface area contributed by atoms with Gasteiger partial charge in [-0.25, -0.2) is 4.98 Å². The van der Waals surface area contributed by atoms with Crippen molar-refractivity contribution in [3.8, 4) is 0 Å². The normalized spacial score (nSPS) is 10.5. The van der Waals surface area contributed by atoms with Crippen molar-refractivity contribution in [1.82, 2.24) is 9.97 Å². The van der Waals surface area contributed by atoms with Crippen LogP contribution in [0.5, 0.6) is 0 Å². The number of nitrogens with zero attached hydrogens (tertiary/aromatic N) is 2. The van der Waals surface area contributed by atoms with E-state index in [9.17, 15) is 0 Å². The predicted octanol–water partition coefficient (Wildman–Crippen LogP) is 4.59. The highest BCUT2D eigenvalue weighted by Gasteiger charge is 2.08. The smallest absolute Gasteiger partial charge is 0.229 e.